The zero-order chi connectivity index (χ0) is 17.9. The summed E-state index contributed by atoms with van der Waals surface area (Å²) in [6.07, 6.45) is 3.85. The first-order valence-corrected chi connectivity index (χ1v) is 9.87. The van der Waals surface area contributed by atoms with Crippen molar-refractivity contribution in [2.75, 3.05) is 24.6 Å². The van der Waals surface area contributed by atoms with Crippen LogP contribution < -0.4 is 0 Å². The van der Waals surface area contributed by atoms with Gasteiger partial charge in [-0.05, 0) is 24.6 Å². The van der Waals surface area contributed by atoms with E-state index < -0.39 is 0 Å². The van der Waals surface area contributed by atoms with Crippen molar-refractivity contribution < 1.29 is 4.79 Å². The lowest BCUT2D eigenvalue weighted by Gasteiger charge is -2.25. The number of nitrogens with zero attached hydrogens (tertiary/aromatic N) is 5. The van der Waals surface area contributed by atoms with Crippen molar-refractivity contribution >= 4 is 17.7 Å². The Morgan fingerprint density at radius 3 is 2.50 bits per heavy atom. The van der Waals surface area contributed by atoms with E-state index in [0.717, 1.165) is 36.0 Å². The third kappa shape index (κ3) is 3.39. The number of hydrogen-bond acceptors (Lipinski definition) is 4. The standard InChI is InChI=1S/C19H21N5OS/c1-15-4-6-16(7-5-15)14-24-18(22-8-2-3-9-22)17(20-21-24)19(25)23-10-12-26-13-11-23/h2-9H,10-14H2,1H3. The van der Waals surface area contributed by atoms with Gasteiger partial charge in [-0.2, -0.15) is 11.8 Å². The fourth-order valence-corrected chi connectivity index (χ4v) is 3.97. The quantitative estimate of drug-likeness (QED) is 0.711. The number of aryl methyl sites for hydroxylation is 1. The van der Waals surface area contributed by atoms with Gasteiger partial charge in [0.05, 0.1) is 6.54 Å². The second-order valence-corrected chi connectivity index (χ2v) is 7.62. The predicted octanol–water partition coefficient (Wildman–Crippen LogP) is 2.61. The molecule has 4 rings (SSSR count). The van der Waals surface area contributed by atoms with E-state index >= 15 is 0 Å². The molecule has 1 aliphatic heterocycles. The molecule has 1 saturated heterocycles. The zero-order valence-electron chi connectivity index (χ0n) is 14.7. The van der Waals surface area contributed by atoms with E-state index in [-0.39, 0.29) is 5.91 Å². The van der Waals surface area contributed by atoms with Crippen molar-refractivity contribution in [3.05, 3.63) is 65.6 Å². The molecule has 3 aromatic rings. The fraction of sp³-hybridized carbons (Fsp3) is 0.316. The highest BCUT2D eigenvalue weighted by Crippen LogP contribution is 2.19. The minimum absolute atomic E-state index is 0.0378. The molecular formula is C19H21N5OS. The molecule has 26 heavy (non-hydrogen) atoms. The number of carbonyl (C=O) groups excluding carboxylic acids is 1. The summed E-state index contributed by atoms with van der Waals surface area (Å²) in [5.41, 5.74) is 2.76. The Hall–Kier alpha value is -2.54. The lowest BCUT2D eigenvalue weighted by molar-refractivity contribution is 0.0766. The molecule has 0 radical (unpaired) electrons. The Labute approximate surface area is 156 Å². The Bertz CT molecular complexity index is 879. The highest BCUT2D eigenvalue weighted by atomic mass is 32.2. The first-order chi connectivity index (χ1) is 12.7. The van der Waals surface area contributed by atoms with Crippen molar-refractivity contribution in [3.63, 3.8) is 0 Å². The fourth-order valence-electron chi connectivity index (χ4n) is 3.07. The van der Waals surface area contributed by atoms with Crippen molar-refractivity contribution in [1.82, 2.24) is 24.5 Å². The summed E-state index contributed by atoms with van der Waals surface area (Å²) in [6.45, 7) is 4.17. The maximum Gasteiger partial charge on any atom is 0.278 e. The number of hydrogen-bond donors (Lipinski definition) is 0. The van der Waals surface area contributed by atoms with Gasteiger partial charge in [-0.1, -0.05) is 35.0 Å². The minimum atomic E-state index is -0.0378. The summed E-state index contributed by atoms with van der Waals surface area (Å²) in [5, 5.41) is 8.55. The van der Waals surface area contributed by atoms with Gasteiger partial charge in [0.2, 0.25) is 0 Å². The first-order valence-electron chi connectivity index (χ1n) is 8.72. The summed E-state index contributed by atoms with van der Waals surface area (Å²) in [5.74, 6) is 2.63. The summed E-state index contributed by atoms with van der Waals surface area (Å²) in [7, 11) is 0. The maximum atomic E-state index is 13.0. The molecular weight excluding hydrogens is 346 g/mol. The number of benzene rings is 1. The Balaban J connectivity index is 1.69. The molecule has 0 saturated carbocycles. The van der Waals surface area contributed by atoms with Gasteiger partial charge in [0.1, 0.15) is 0 Å². The van der Waals surface area contributed by atoms with E-state index in [1.165, 1.54) is 5.56 Å². The van der Waals surface area contributed by atoms with E-state index in [4.69, 9.17) is 0 Å². The van der Waals surface area contributed by atoms with Gasteiger partial charge in [0.25, 0.3) is 5.91 Å². The minimum Gasteiger partial charge on any atom is -0.335 e. The molecule has 0 spiro atoms. The summed E-state index contributed by atoms with van der Waals surface area (Å²) >= 11 is 1.88. The second kappa shape index (κ2) is 7.37. The largest absolute Gasteiger partial charge is 0.335 e. The van der Waals surface area contributed by atoms with E-state index in [2.05, 4.69) is 41.5 Å². The Morgan fingerprint density at radius 1 is 1.12 bits per heavy atom. The predicted molar refractivity (Wildman–Crippen MR) is 103 cm³/mol. The van der Waals surface area contributed by atoms with Crippen molar-refractivity contribution in [1.29, 1.82) is 0 Å². The summed E-state index contributed by atoms with van der Waals surface area (Å²) in [4.78, 5) is 14.9. The lowest BCUT2D eigenvalue weighted by Crippen LogP contribution is -2.38. The molecule has 2 aromatic heterocycles. The van der Waals surface area contributed by atoms with Crippen LogP contribution in [0.25, 0.3) is 5.82 Å². The van der Waals surface area contributed by atoms with Crippen LogP contribution in [0.3, 0.4) is 0 Å². The molecule has 1 aromatic carbocycles. The number of aromatic nitrogens is 4. The monoisotopic (exact) mass is 367 g/mol. The molecule has 7 heteroatoms. The molecule has 1 fully saturated rings. The first kappa shape index (κ1) is 16.9. The molecule has 0 atom stereocenters. The number of carbonyl (C=O) groups is 1. The maximum absolute atomic E-state index is 13.0. The molecule has 0 bridgehead atoms. The second-order valence-electron chi connectivity index (χ2n) is 6.40. The SMILES string of the molecule is Cc1ccc(Cn2nnc(C(=O)N3CCSCC3)c2-n2cccc2)cc1. The molecule has 1 amide bonds. The van der Waals surface area contributed by atoms with Gasteiger partial charge in [-0.15, -0.1) is 5.10 Å². The third-order valence-electron chi connectivity index (χ3n) is 4.51. The average Bonchev–Trinajstić information content (AvgIpc) is 3.33. The van der Waals surface area contributed by atoms with Gasteiger partial charge >= 0.3 is 0 Å². The normalized spacial score (nSPS) is 14.6. The smallest absolute Gasteiger partial charge is 0.278 e. The number of amides is 1. The topological polar surface area (TPSA) is 56.0 Å². The lowest BCUT2D eigenvalue weighted by atomic mass is 10.1. The van der Waals surface area contributed by atoms with E-state index in [0.29, 0.717) is 12.2 Å². The summed E-state index contributed by atoms with van der Waals surface area (Å²) in [6, 6.07) is 12.2. The van der Waals surface area contributed by atoms with Crippen LogP contribution in [-0.2, 0) is 6.54 Å². The van der Waals surface area contributed by atoms with Crippen LogP contribution in [0, 0.1) is 6.92 Å². The third-order valence-corrected chi connectivity index (χ3v) is 5.45. The zero-order valence-corrected chi connectivity index (χ0v) is 15.5. The van der Waals surface area contributed by atoms with Crippen LogP contribution in [0.2, 0.25) is 0 Å². The van der Waals surface area contributed by atoms with Crippen LogP contribution in [0.1, 0.15) is 21.6 Å². The summed E-state index contributed by atoms with van der Waals surface area (Å²) < 4.78 is 3.72. The van der Waals surface area contributed by atoms with Gasteiger partial charge in [0.15, 0.2) is 11.5 Å². The Morgan fingerprint density at radius 2 is 1.81 bits per heavy atom. The molecule has 0 N–H and O–H groups in total. The molecule has 6 nitrogen and oxygen atoms in total. The van der Waals surface area contributed by atoms with Crippen LogP contribution in [-0.4, -0.2) is 55.0 Å². The van der Waals surface area contributed by atoms with Crippen LogP contribution in [0.5, 0.6) is 0 Å². The van der Waals surface area contributed by atoms with E-state index in [1.54, 1.807) is 4.68 Å². The van der Waals surface area contributed by atoms with Gasteiger partial charge < -0.3 is 9.47 Å². The van der Waals surface area contributed by atoms with E-state index in [1.807, 2.05) is 45.8 Å². The van der Waals surface area contributed by atoms with E-state index in [9.17, 15) is 4.79 Å². The number of thioether (sulfide) groups is 1. The van der Waals surface area contributed by atoms with Gasteiger partial charge in [-0.25, -0.2) is 4.68 Å². The molecule has 0 aliphatic carbocycles. The van der Waals surface area contributed by atoms with Crippen molar-refractivity contribution in [2.45, 2.75) is 13.5 Å². The highest BCUT2D eigenvalue weighted by Gasteiger charge is 2.26. The van der Waals surface area contributed by atoms with Crippen molar-refractivity contribution in [3.8, 4) is 5.82 Å². The van der Waals surface area contributed by atoms with Crippen LogP contribution in [0.4, 0.5) is 0 Å². The molecule has 3 heterocycles. The molecule has 134 valence electrons. The van der Waals surface area contributed by atoms with Gasteiger partial charge in [-0.3, -0.25) is 4.79 Å². The van der Waals surface area contributed by atoms with Crippen molar-refractivity contribution in [2.24, 2.45) is 0 Å². The van der Waals surface area contributed by atoms with Gasteiger partial charge in [0, 0.05) is 37.0 Å². The van der Waals surface area contributed by atoms with Crippen LogP contribution >= 0.6 is 11.8 Å². The molecule has 0 unspecified atom stereocenters. The average molecular weight is 367 g/mol. The van der Waals surface area contributed by atoms with Crippen LogP contribution in [0.15, 0.2) is 48.8 Å². The number of rotatable bonds is 4. The molecule has 1 aliphatic rings. The Kier molecular flexibility index (Phi) is 4.79. The highest BCUT2D eigenvalue weighted by molar-refractivity contribution is 7.99.